The Morgan fingerprint density at radius 3 is 2.50 bits per heavy atom. The van der Waals surface area contributed by atoms with Gasteiger partial charge in [0, 0.05) is 21.5 Å². The Kier molecular flexibility index (Phi) is 4.58. The summed E-state index contributed by atoms with van der Waals surface area (Å²) in [5.74, 6) is -0.890. The zero-order valence-corrected chi connectivity index (χ0v) is 16.5. The molecule has 0 aliphatic carbocycles. The Labute approximate surface area is 168 Å². The standard InChI is InChI=1S/C20H16N4O2S2/c1-10-13(19(26)24-11-6-3-2-4-7-11)14(12-8-5-9-27-12)15-16(21)17(18(22)25)28-20(15)23-10/h2-9H,21H2,1H3,(H2,22,25)(H,24,26). The Hall–Kier alpha value is -3.23. The molecule has 0 saturated heterocycles. The first-order valence-corrected chi connectivity index (χ1v) is 10.1. The van der Waals surface area contributed by atoms with Crippen molar-refractivity contribution >= 4 is 56.1 Å². The maximum Gasteiger partial charge on any atom is 0.260 e. The minimum absolute atomic E-state index is 0.250. The Morgan fingerprint density at radius 2 is 1.86 bits per heavy atom. The number of aryl methyl sites for hydroxylation is 1. The Balaban J connectivity index is 1.99. The smallest absolute Gasteiger partial charge is 0.260 e. The lowest BCUT2D eigenvalue weighted by molar-refractivity contribution is 0.100. The van der Waals surface area contributed by atoms with Crippen LogP contribution in [0.1, 0.15) is 25.7 Å². The predicted molar refractivity (Wildman–Crippen MR) is 115 cm³/mol. The second-order valence-corrected chi connectivity index (χ2v) is 8.08. The Morgan fingerprint density at radius 1 is 1.11 bits per heavy atom. The van der Waals surface area contributed by atoms with E-state index in [0.29, 0.717) is 32.7 Å². The van der Waals surface area contributed by atoms with Gasteiger partial charge in [0.25, 0.3) is 11.8 Å². The van der Waals surface area contributed by atoms with Crippen molar-refractivity contribution in [3.63, 3.8) is 0 Å². The highest BCUT2D eigenvalue weighted by Crippen LogP contribution is 2.43. The number of primary amides is 1. The van der Waals surface area contributed by atoms with Crippen molar-refractivity contribution in [2.75, 3.05) is 11.1 Å². The average Bonchev–Trinajstić information content (AvgIpc) is 3.30. The number of nitrogen functional groups attached to an aromatic ring is 1. The third kappa shape index (κ3) is 3.02. The first-order valence-electron chi connectivity index (χ1n) is 8.40. The molecule has 2 amide bonds. The molecule has 4 rings (SSSR count). The van der Waals surface area contributed by atoms with Crippen LogP contribution in [-0.4, -0.2) is 16.8 Å². The van der Waals surface area contributed by atoms with Gasteiger partial charge in [-0.25, -0.2) is 4.98 Å². The van der Waals surface area contributed by atoms with Gasteiger partial charge in [-0.2, -0.15) is 0 Å². The molecule has 3 aromatic heterocycles. The highest BCUT2D eigenvalue weighted by Gasteiger charge is 2.26. The molecular formula is C20H16N4O2S2. The summed E-state index contributed by atoms with van der Waals surface area (Å²) in [4.78, 5) is 31.2. The lowest BCUT2D eigenvalue weighted by atomic mass is 9.99. The van der Waals surface area contributed by atoms with Crippen molar-refractivity contribution in [2.45, 2.75) is 6.92 Å². The molecule has 0 aliphatic heterocycles. The number of benzene rings is 1. The van der Waals surface area contributed by atoms with Crippen LogP contribution < -0.4 is 16.8 Å². The summed E-state index contributed by atoms with van der Waals surface area (Å²) in [6.07, 6.45) is 0. The molecular weight excluding hydrogens is 392 g/mol. The van der Waals surface area contributed by atoms with Gasteiger partial charge in [-0.3, -0.25) is 9.59 Å². The lowest BCUT2D eigenvalue weighted by Gasteiger charge is -2.13. The Bertz CT molecular complexity index is 1200. The number of aromatic nitrogens is 1. The van der Waals surface area contributed by atoms with Crippen LogP contribution in [0.4, 0.5) is 11.4 Å². The molecule has 28 heavy (non-hydrogen) atoms. The molecule has 0 saturated carbocycles. The molecule has 4 aromatic rings. The van der Waals surface area contributed by atoms with Gasteiger partial charge in [0.05, 0.1) is 16.9 Å². The number of rotatable bonds is 4. The van der Waals surface area contributed by atoms with Gasteiger partial charge in [0.15, 0.2) is 0 Å². The number of pyridine rings is 1. The van der Waals surface area contributed by atoms with Gasteiger partial charge >= 0.3 is 0 Å². The number of nitrogens with one attached hydrogen (secondary N) is 1. The number of hydrogen-bond acceptors (Lipinski definition) is 6. The maximum absolute atomic E-state index is 13.2. The fourth-order valence-corrected chi connectivity index (χ4v) is 4.89. The molecule has 6 nitrogen and oxygen atoms in total. The van der Waals surface area contributed by atoms with E-state index in [0.717, 1.165) is 16.2 Å². The van der Waals surface area contributed by atoms with E-state index < -0.39 is 5.91 Å². The van der Waals surface area contributed by atoms with Gasteiger partial charge < -0.3 is 16.8 Å². The topological polar surface area (TPSA) is 111 Å². The zero-order valence-electron chi connectivity index (χ0n) is 14.9. The minimum Gasteiger partial charge on any atom is -0.397 e. The number of nitrogens with two attached hydrogens (primary N) is 2. The fraction of sp³-hybridized carbons (Fsp3) is 0.0500. The highest BCUT2D eigenvalue weighted by atomic mass is 32.1. The van der Waals surface area contributed by atoms with Crippen molar-refractivity contribution in [3.05, 3.63) is 64.0 Å². The summed E-state index contributed by atoms with van der Waals surface area (Å²) in [6, 6.07) is 13.0. The first kappa shape index (κ1) is 18.1. The SMILES string of the molecule is Cc1nc2sc(C(N)=O)c(N)c2c(-c2cccs2)c1C(=O)Nc1ccccc1. The third-order valence-electron chi connectivity index (χ3n) is 4.31. The summed E-state index contributed by atoms with van der Waals surface area (Å²) in [6.45, 7) is 1.77. The quantitative estimate of drug-likeness (QED) is 0.468. The fourth-order valence-electron chi connectivity index (χ4n) is 3.11. The normalized spacial score (nSPS) is 10.9. The van der Waals surface area contributed by atoms with Crippen LogP contribution >= 0.6 is 22.7 Å². The number of anilines is 2. The second-order valence-electron chi connectivity index (χ2n) is 6.13. The monoisotopic (exact) mass is 408 g/mol. The number of carbonyl (C=O) groups excluding carboxylic acids is 2. The van der Waals surface area contributed by atoms with Crippen molar-refractivity contribution < 1.29 is 9.59 Å². The van der Waals surface area contributed by atoms with E-state index >= 15 is 0 Å². The number of carbonyl (C=O) groups is 2. The zero-order chi connectivity index (χ0) is 19.8. The number of amides is 2. The number of para-hydroxylation sites is 1. The van der Waals surface area contributed by atoms with Crippen LogP contribution in [0.2, 0.25) is 0 Å². The largest absolute Gasteiger partial charge is 0.397 e. The first-order chi connectivity index (χ1) is 13.5. The number of nitrogens with zero attached hydrogens (tertiary/aromatic N) is 1. The van der Waals surface area contributed by atoms with Crippen LogP contribution in [0.3, 0.4) is 0 Å². The molecule has 8 heteroatoms. The van der Waals surface area contributed by atoms with E-state index in [1.165, 1.54) is 11.3 Å². The molecule has 1 aromatic carbocycles. The van der Waals surface area contributed by atoms with Gasteiger partial charge in [-0.05, 0) is 30.5 Å². The van der Waals surface area contributed by atoms with Crippen molar-refractivity contribution in [3.8, 4) is 10.4 Å². The van der Waals surface area contributed by atoms with E-state index in [9.17, 15) is 9.59 Å². The van der Waals surface area contributed by atoms with Crippen LogP contribution in [0.15, 0.2) is 47.8 Å². The molecule has 0 unspecified atom stereocenters. The van der Waals surface area contributed by atoms with Crippen LogP contribution in [0.25, 0.3) is 20.7 Å². The second kappa shape index (κ2) is 7.06. The van der Waals surface area contributed by atoms with E-state index in [4.69, 9.17) is 11.5 Å². The number of hydrogen-bond donors (Lipinski definition) is 3. The summed E-state index contributed by atoms with van der Waals surface area (Å²) < 4.78 is 0. The third-order valence-corrected chi connectivity index (χ3v) is 6.31. The van der Waals surface area contributed by atoms with Crippen molar-refractivity contribution in [1.82, 2.24) is 4.98 Å². The van der Waals surface area contributed by atoms with Crippen LogP contribution in [0, 0.1) is 6.92 Å². The van der Waals surface area contributed by atoms with E-state index in [1.807, 2.05) is 47.8 Å². The lowest BCUT2D eigenvalue weighted by Crippen LogP contribution is -2.16. The van der Waals surface area contributed by atoms with Gasteiger partial charge in [0.1, 0.15) is 9.71 Å². The van der Waals surface area contributed by atoms with E-state index in [-0.39, 0.29) is 16.5 Å². The molecule has 0 bridgehead atoms. The van der Waals surface area contributed by atoms with E-state index in [2.05, 4.69) is 10.3 Å². The minimum atomic E-state index is -0.606. The molecule has 0 fully saturated rings. The van der Waals surface area contributed by atoms with Gasteiger partial charge in [-0.1, -0.05) is 24.3 Å². The number of thiophene rings is 2. The molecule has 0 spiro atoms. The van der Waals surface area contributed by atoms with E-state index in [1.54, 1.807) is 6.92 Å². The molecule has 0 atom stereocenters. The summed E-state index contributed by atoms with van der Waals surface area (Å²) >= 11 is 2.63. The molecule has 3 heterocycles. The van der Waals surface area contributed by atoms with Crippen LogP contribution in [-0.2, 0) is 0 Å². The van der Waals surface area contributed by atoms with Gasteiger partial charge in [0.2, 0.25) is 0 Å². The van der Waals surface area contributed by atoms with Crippen molar-refractivity contribution in [1.29, 1.82) is 0 Å². The summed E-state index contributed by atoms with van der Waals surface area (Å²) in [7, 11) is 0. The predicted octanol–water partition coefficient (Wildman–Crippen LogP) is 4.27. The molecule has 0 aliphatic rings. The number of fused-ring (bicyclic) bond motifs is 1. The molecule has 5 N–H and O–H groups in total. The van der Waals surface area contributed by atoms with Crippen molar-refractivity contribution in [2.24, 2.45) is 5.73 Å². The highest BCUT2D eigenvalue weighted by molar-refractivity contribution is 7.21. The molecule has 0 radical (unpaired) electrons. The average molecular weight is 409 g/mol. The van der Waals surface area contributed by atoms with Gasteiger partial charge in [-0.15, -0.1) is 22.7 Å². The summed E-state index contributed by atoms with van der Waals surface area (Å²) in [5.41, 5.74) is 14.3. The molecule has 140 valence electrons. The summed E-state index contributed by atoms with van der Waals surface area (Å²) in [5, 5.41) is 5.42. The van der Waals surface area contributed by atoms with Crippen LogP contribution in [0.5, 0.6) is 0 Å². The maximum atomic E-state index is 13.2.